The van der Waals surface area contributed by atoms with Crippen LogP contribution >= 0.6 is 0 Å². The number of amides is 1. The SMILES string of the molecule is CCCCCCCCCCCCCCCCCC(=O)O.COc1cc(CNC(=O)CCCC/C=C/C(C)C)ccc1O. The molecule has 0 heterocycles. The molecule has 0 aromatic heterocycles. The lowest BCUT2D eigenvalue weighted by Gasteiger charge is -2.08. The number of unbranched alkanes of at least 4 members (excludes halogenated alkanes) is 16. The summed E-state index contributed by atoms with van der Waals surface area (Å²) < 4.78 is 5.04. The molecular weight excluding hydrogens is 526 g/mol. The van der Waals surface area contributed by atoms with Crippen LogP contribution in [0.15, 0.2) is 30.4 Å². The van der Waals surface area contributed by atoms with Crippen LogP contribution in [0, 0.1) is 5.92 Å². The van der Waals surface area contributed by atoms with Gasteiger partial charge in [0.15, 0.2) is 11.5 Å². The maximum Gasteiger partial charge on any atom is 0.303 e. The van der Waals surface area contributed by atoms with Crippen LogP contribution in [0.25, 0.3) is 0 Å². The molecule has 0 aliphatic carbocycles. The molecule has 0 fully saturated rings. The minimum absolute atomic E-state index is 0.0554. The highest BCUT2D eigenvalue weighted by atomic mass is 16.5. The largest absolute Gasteiger partial charge is 0.504 e. The van der Waals surface area contributed by atoms with Gasteiger partial charge < -0.3 is 20.3 Å². The van der Waals surface area contributed by atoms with E-state index in [1.165, 1.54) is 90.6 Å². The van der Waals surface area contributed by atoms with E-state index in [2.05, 4.69) is 38.2 Å². The number of benzene rings is 1. The maximum absolute atomic E-state index is 11.8. The van der Waals surface area contributed by atoms with Crippen molar-refractivity contribution in [2.24, 2.45) is 5.92 Å². The first-order valence-corrected chi connectivity index (χ1v) is 16.8. The number of phenols is 1. The number of methoxy groups -OCH3 is 1. The van der Waals surface area contributed by atoms with Crippen molar-refractivity contribution in [3.05, 3.63) is 35.9 Å². The second-order valence-electron chi connectivity index (χ2n) is 11.8. The molecule has 0 bridgehead atoms. The van der Waals surface area contributed by atoms with Gasteiger partial charge >= 0.3 is 5.97 Å². The molecule has 0 aliphatic heterocycles. The first-order valence-electron chi connectivity index (χ1n) is 16.8. The van der Waals surface area contributed by atoms with E-state index in [0.29, 0.717) is 31.1 Å². The Hall–Kier alpha value is -2.50. The van der Waals surface area contributed by atoms with Crippen LogP contribution in [-0.2, 0) is 16.1 Å². The summed E-state index contributed by atoms with van der Waals surface area (Å²) in [5.74, 6) is 0.515. The summed E-state index contributed by atoms with van der Waals surface area (Å²) in [7, 11) is 1.51. The zero-order chi connectivity index (χ0) is 31.3. The number of hydrogen-bond donors (Lipinski definition) is 3. The molecule has 6 nitrogen and oxygen atoms in total. The van der Waals surface area contributed by atoms with Gasteiger partial charge in [0, 0.05) is 19.4 Å². The zero-order valence-electron chi connectivity index (χ0n) is 27.4. The second kappa shape index (κ2) is 28.6. The van der Waals surface area contributed by atoms with Gasteiger partial charge in [0.05, 0.1) is 7.11 Å². The van der Waals surface area contributed by atoms with Crippen LogP contribution < -0.4 is 10.1 Å². The van der Waals surface area contributed by atoms with Gasteiger partial charge in [-0.1, -0.05) is 129 Å². The molecular formula is C36H63NO5. The van der Waals surface area contributed by atoms with Crippen LogP contribution in [0.1, 0.15) is 155 Å². The summed E-state index contributed by atoms with van der Waals surface area (Å²) >= 11 is 0. The monoisotopic (exact) mass is 589 g/mol. The van der Waals surface area contributed by atoms with Crippen molar-refractivity contribution in [2.75, 3.05) is 7.11 Å². The van der Waals surface area contributed by atoms with Crippen molar-refractivity contribution in [3.63, 3.8) is 0 Å². The molecule has 42 heavy (non-hydrogen) atoms. The van der Waals surface area contributed by atoms with Gasteiger partial charge in [0.1, 0.15) is 0 Å². The van der Waals surface area contributed by atoms with Crippen LogP contribution in [0.2, 0.25) is 0 Å². The Balaban J connectivity index is 0.000000805. The van der Waals surface area contributed by atoms with Crippen molar-refractivity contribution in [2.45, 2.75) is 156 Å². The first kappa shape index (κ1) is 39.5. The lowest BCUT2D eigenvalue weighted by atomic mass is 10.0. The lowest BCUT2D eigenvalue weighted by Crippen LogP contribution is -2.22. The van der Waals surface area contributed by atoms with Gasteiger partial charge in [0.2, 0.25) is 5.91 Å². The third kappa shape index (κ3) is 26.4. The predicted molar refractivity (Wildman–Crippen MR) is 176 cm³/mol. The van der Waals surface area contributed by atoms with Gasteiger partial charge in [0.25, 0.3) is 0 Å². The number of allylic oxidation sites excluding steroid dienone is 2. The first-order chi connectivity index (χ1) is 20.3. The predicted octanol–water partition coefficient (Wildman–Crippen LogP) is 10.1. The highest BCUT2D eigenvalue weighted by molar-refractivity contribution is 5.75. The van der Waals surface area contributed by atoms with Gasteiger partial charge in [-0.25, -0.2) is 0 Å². The smallest absolute Gasteiger partial charge is 0.303 e. The number of phenolic OH excluding ortho intramolecular Hbond substituents is 1. The molecule has 1 aromatic carbocycles. The highest BCUT2D eigenvalue weighted by Gasteiger charge is 2.05. The van der Waals surface area contributed by atoms with Gasteiger partial charge in [-0.3, -0.25) is 9.59 Å². The van der Waals surface area contributed by atoms with Crippen LogP contribution in [-0.4, -0.2) is 29.2 Å². The van der Waals surface area contributed by atoms with E-state index >= 15 is 0 Å². The molecule has 0 spiro atoms. The molecule has 0 radical (unpaired) electrons. The number of carboxylic acids is 1. The van der Waals surface area contributed by atoms with Gasteiger partial charge in [-0.15, -0.1) is 0 Å². The lowest BCUT2D eigenvalue weighted by molar-refractivity contribution is -0.137. The number of aromatic hydroxyl groups is 1. The van der Waals surface area contributed by atoms with E-state index in [1.54, 1.807) is 18.2 Å². The van der Waals surface area contributed by atoms with E-state index in [0.717, 1.165) is 37.7 Å². The minimum Gasteiger partial charge on any atom is -0.504 e. The minimum atomic E-state index is -0.653. The van der Waals surface area contributed by atoms with Gasteiger partial charge in [-0.05, 0) is 49.3 Å². The standard InChI is InChI=1S/C18H27NO3.C18H36O2/c1-14(2)8-6-4-5-7-9-18(21)19-13-15-10-11-16(20)17(12-15)22-3;1-2-3-4-5-6-7-8-9-10-11-12-13-14-15-16-17-18(19)20/h6,8,10-12,14,20H,4-5,7,9,13H2,1-3H3,(H,19,21);2-17H2,1H3,(H,19,20)/b8-6+;. The average Bonchev–Trinajstić information content (AvgIpc) is 2.96. The molecule has 0 atom stereocenters. The van der Waals surface area contributed by atoms with Crippen LogP contribution in [0.5, 0.6) is 11.5 Å². The zero-order valence-corrected chi connectivity index (χ0v) is 27.4. The average molecular weight is 590 g/mol. The number of nitrogens with one attached hydrogen (secondary N) is 1. The summed E-state index contributed by atoms with van der Waals surface area (Å²) in [6.45, 7) is 7.03. The number of ether oxygens (including phenoxy) is 1. The quantitative estimate of drug-likeness (QED) is 0.0779. The fourth-order valence-electron chi connectivity index (χ4n) is 4.68. The Bertz CT molecular complexity index is 821. The number of hydrogen-bond acceptors (Lipinski definition) is 4. The molecule has 6 heteroatoms. The molecule has 0 unspecified atom stereocenters. The Morgan fingerprint density at radius 3 is 1.83 bits per heavy atom. The molecule has 1 amide bonds. The van der Waals surface area contributed by atoms with E-state index in [4.69, 9.17) is 9.84 Å². The Kier molecular flexibility index (Phi) is 26.9. The summed E-state index contributed by atoms with van der Waals surface area (Å²) in [5, 5.41) is 20.9. The third-order valence-electron chi connectivity index (χ3n) is 7.27. The van der Waals surface area contributed by atoms with Crippen molar-refractivity contribution >= 4 is 11.9 Å². The number of carbonyl (C=O) groups is 2. The number of carboxylic acid groups (broad SMARTS) is 1. The van der Waals surface area contributed by atoms with E-state index in [1.807, 2.05) is 0 Å². The topological polar surface area (TPSA) is 95.9 Å². The molecule has 1 aromatic rings. The number of aliphatic carboxylic acids is 1. The summed E-state index contributed by atoms with van der Waals surface area (Å²) in [6, 6.07) is 5.07. The van der Waals surface area contributed by atoms with Crippen molar-refractivity contribution in [1.29, 1.82) is 0 Å². The molecule has 0 aliphatic rings. The van der Waals surface area contributed by atoms with Gasteiger partial charge in [-0.2, -0.15) is 0 Å². The third-order valence-corrected chi connectivity index (χ3v) is 7.27. The van der Waals surface area contributed by atoms with Crippen molar-refractivity contribution in [1.82, 2.24) is 5.32 Å². The molecule has 242 valence electrons. The molecule has 3 N–H and O–H groups in total. The fourth-order valence-corrected chi connectivity index (χ4v) is 4.68. The molecule has 1 rings (SSSR count). The summed E-state index contributed by atoms with van der Waals surface area (Å²) in [6.07, 6.45) is 28.1. The summed E-state index contributed by atoms with van der Waals surface area (Å²) in [5.41, 5.74) is 0.905. The molecule has 0 saturated heterocycles. The highest BCUT2D eigenvalue weighted by Crippen LogP contribution is 2.26. The second-order valence-corrected chi connectivity index (χ2v) is 11.8. The summed E-state index contributed by atoms with van der Waals surface area (Å²) in [4.78, 5) is 22.1. The van der Waals surface area contributed by atoms with E-state index in [9.17, 15) is 14.7 Å². The molecule has 0 saturated carbocycles. The van der Waals surface area contributed by atoms with Crippen molar-refractivity contribution in [3.8, 4) is 11.5 Å². The van der Waals surface area contributed by atoms with Crippen LogP contribution in [0.4, 0.5) is 0 Å². The van der Waals surface area contributed by atoms with E-state index in [-0.39, 0.29) is 11.7 Å². The van der Waals surface area contributed by atoms with Crippen LogP contribution in [0.3, 0.4) is 0 Å². The fraction of sp³-hybridized carbons (Fsp3) is 0.722. The normalized spacial score (nSPS) is 11.0. The van der Waals surface area contributed by atoms with E-state index < -0.39 is 5.97 Å². The number of carbonyl (C=O) groups excluding carboxylic acids is 1. The maximum atomic E-state index is 11.8. The van der Waals surface area contributed by atoms with Crippen molar-refractivity contribution < 1.29 is 24.5 Å². The Morgan fingerprint density at radius 1 is 0.810 bits per heavy atom. The number of rotatable bonds is 25. The Morgan fingerprint density at radius 2 is 1.33 bits per heavy atom. The Labute approximate surface area is 257 Å².